The smallest absolute Gasteiger partial charge is 0.440 e. The molecule has 0 aliphatic heterocycles. The van der Waals surface area contributed by atoms with Crippen molar-refractivity contribution in [3.8, 4) is 0 Å². The Hall–Kier alpha value is -0.930. The number of hydrogen-bond acceptors (Lipinski definition) is 2. The fraction of sp³-hybridized carbons (Fsp3) is 0.300. The molecule has 1 atom stereocenters. The van der Waals surface area contributed by atoms with Crippen LogP contribution >= 0.6 is 23.6 Å². The van der Waals surface area contributed by atoms with E-state index >= 15 is 0 Å². The summed E-state index contributed by atoms with van der Waals surface area (Å²) in [5.74, 6) is 0. The average molecular weight is 248 g/mol. The quantitative estimate of drug-likeness (QED) is 0.767. The fourth-order valence-electron chi connectivity index (χ4n) is 1.20. The topological polar surface area (TPSA) is 29.5 Å². The van der Waals surface area contributed by atoms with Gasteiger partial charge in [-0.2, -0.15) is 0 Å². The predicted molar refractivity (Wildman–Crippen MR) is 59.6 cm³/mol. The second-order valence-corrected chi connectivity index (χ2v) is 3.97. The van der Waals surface area contributed by atoms with Crippen LogP contribution in [0.15, 0.2) is 30.3 Å². The Bertz CT molecular complexity index is 316. The van der Waals surface area contributed by atoms with E-state index < -0.39 is 6.09 Å². The maximum absolute atomic E-state index is 11.0. The lowest BCUT2D eigenvalue weighted by Crippen LogP contribution is -2.21. The van der Waals surface area contributed by atoms with Crippen molar-refractivity contribution in [3.05, 3.63) is 35.9 Å². The van der Waals surface area contributed by atoms with Crippen molar-refractivity contribution in [2.45, 2.75) is 19.4 Å². The van der Waals surface area contributed by atoms with Crippen LogP contribution in [0.5, 0.6) is 0 Å². The highest BCUT2D eigenvalue weighted by Gasteiger charge is 2.14. The van der Waals surface area contributed by atoms with Gasteiger partial charge in [0, 0.05) is 30.0 Å². The molecule has 0 fully saturated rings. The molecule has 0 saturated heterocycles. The molecule has 1 aromatic rings. The number of carbonyl (C=O) groups excluding carboxylic acids is 1. The van der Waals surface area contributed by atoms with Gasteiger partial charge in [-0.1, -0.05) is 30.3 Å². The third-order valence-electron chi connectivity index (χ3n) is 1.81. The standard InChI is InChI=1S/C10H11Cl2NO2/c1-8(15-10(14)13(11)12)7-9-5-3-2-4-6-9/h2-6,8H,7H2,1H3. The molecule has 0 heterocycles. The van der Waals surface area contributed by atoms with Gasteiger partial charge in [-0.25, -0.2) is 4.79 Å². The molecule has 3 nitrogen and oxygen atoms in total. The van der Waals surface area contributed by atoms with Gasteiger partial charge in [0.2, 0.25) is 0 Å². The van der Waals surface area contributed by atoms with Gasteiger partial charge in [0.05, 0.1) is 0 Å². The van der Waals surface area contributed by atoms with Gasteiger partial charge < -0.3 is 4.74 Å². The Balaban J connectivity index is 2.43. The molecule has 1 aromatic carbocycles. The summed E-state index contributed by atoms with van der Waals surface area (Å²) < 4.78 is 5.32. The molecule has 1 unspecified atom stereocenters. The molecule has 0 bridgehead atoms. The predicted octanol–water partition coefficient (Wildman–Crippen LogP) is 3.36. The minimum absolute atomic E-state index is 0.264. The van der Waals surface area contributed by atoms with Crippen molar-refractivity contribution in [2.75, 3.05) is 0 Å². The van der Waals surface area contributed by atoms with E-state index in [1.54, 1.807) is 6.92 Å². The zero-order chi connectivity index (χ0) is 11.3. The maximum Gasteiger partial charge on any atom is 0.440 e. The van der Waals surface area contributed by atoms with Gasteiger partial charge in [0.25, 0.3) is 0 Å². The second-order valence-electron chi connectivity index (χ2n) is 3.12. The van der Waals surface area contributed by atoms with Gasteiger partial charge in [0.1, 0.15) is 6.10 Å². The Labute approximate surface area is 98.8 Å². The number of benzene rings is 1. The van der Waals surface area contributed by atoms with Crippen molar-refractivity contribution in [3.63, 3.8) is 0 Å². The molecule has 0 N–H and O–H groups in total. The summed E-state index contributed by atoms with van der Waals surface area (Å²) in [4.78, 5) is 11.0. The highest BCUT2D eigenvalue weighted by molar-refractivity contribution is 6.40. The first-order valence-electron chi connectivity index (χ1n) is 4.46. The first-order valence-corrected chi connectivity index (χ1v) is 5.13. The number of ether oxygens (including phenoxy) is 1. The first-order chi connectivity index (χ1) is 7.09. The normalized spacial score (nSPS) is 11.9. The average Bonchev–Trinajstić information content (AvgIpc) is 2.18. The van der Waals surface area contributed by atoms with E-state index in [0.717, 1.165) is 5.56 Å². The van der Waals surface area contributed by atoms with Crippen molar-refractivity contribution in [1.29, 1.82) is 0 Å². The number of nitrogens with zero attached hydrogens (tertiary/aromatic N) is 1. The molecule has 5 heteroatoms. The van der Waals surface area contributed by atoms with Crippen molar-refractivity contribution in [1.82, 2.24) is 3.94 Å². The molecule has 82 valence electrons. The van der Waals surface area contributed by atoms with Crippen molar-refractivity contribution < 1.29 is 9.53 Å². The second kappa shape index (κ2) is 5.83. The summed E-state index contributed by atoms with van der Waals surface area (Å²) in [6.07, 6.45) is -0.393. The molecular weight excluding hydrogens is 237 g/mol. The summed E-state index contributed by atoms with van der Waals surface area (Å²) in [6, 6.07) is 9.71. The minimum atomic E-state index is -0.762. The molecule has 0 spiro atoms. The molecular formula is C10H11Cl2NO2. The van der Waals surface area contributed by atoms with E-state index in [1.807, 2.05) is 30.3 Å². The molecule has 0 aliphatic rings. The first kappa shape index (κ1) is 12.1. The van der Waals surface area contributed by atoms with Gasteiger partial charge in [-0.3, -0.25) is 0 Å². The van der Waals surface area contributed by atoms with Gasteiger partial charge >= 0.3 is 6.09 Å². The zero-order valence-electron chi connectivity index (χ0n) is 8.19. The molecule has 1 amide bonds. The molecule has 0 saturated carbocycles. The van der Waals surface area contributed by atoms with Crippen molar-refractivity contribution >= 4 is 29.6 Å². The van der Waals surface area contributed by atoms with Crippen LogP contribution in [-0.4, -0.2) is 16.1 Å². The molecule has 0 radical (unpaired) electrons. The van der Waals surface area contributed by atoms with Crippen LogP contribution in [0.25, 0.3) is 0 Å². The summed E-state index contributed by atoms with van der Waals surface area (Å²) in [5, 5.41) is 0. The van der Waals surface area contributed by atoms with Crippen LogP contribution in [0, 0.1) is 0 Å². The summed E-state index contributed by atoms with van der Waals surface area (Å²) in [7, 11) is 0. The zero-order valence-corrected chi connectivity index (χ0v) is 9.70. The fourth-order valence-corrected chi connectivity index (χ4v) is 1.28. The lowest BCUT2D eigenvalue weighted by Gasteiger charge is -2.13. The summed E-state index contributed by atoms with van der Waals surface area (Å²) in [6.45, 7) is 1.78. The van der Waals surface area contributed by atoms with Crippen LogP contribution in [0.2, 0.25) is 0 Å². The monoisotopic (exact) mass is 247 g/mol. The van der Waals surface area contributed by atoms with E-state index in [0.29, 0.717) is 10.4 Å². The number of amides is 1. The van der Waals surface area contributed by atoms with Crippen LogP contribution in [0.1, 0.15) is 12.5 Å². The van der Waals surface area contributed by atoms with E-state index in [4.69, 9.17) is 28.3 Å². The highest BCUT2D eigenvalue weighted by Crippen LogP contribution is 2.09. The Kier molecular flexibility index (Phi) is 4.72. The summed E-state index contributed by atoms with van der Waals surface area (Å²) in [5.41, 5.74) is 1.09. The Morgan fingerprint density at radius 1 is 1.40 bits per heavy atom. The van der Waals surface area contributed by atoms with Crippen LogP contribution in [0.3, 0.4) is 0 Å². The van der Waals surface area contributed by atoms with E-state index in [1.165, 1.54) is 0 Å². The van der Waals surface area contributed by atoms with E-state index in [9.17, 15) is 4.79 Å². The lowest BCUT2D eigenvalue weighted by molar-refractivity contribution is 0.101. The number of hydrogen-bond donors (Lipinski definition) is 0. The maximum atomic E-state index is 11.0. The van der Waals surface area contributed by atoms with Gasteiger partial charge in [0.15, 0.2) is 0 Å². The van der Waals surface area contributed by atoms with E-state index in [2.05, 4.69) is 0 Å². The Morgan fingerprint density at radius 2 is 2.00 bits per heavy atom. The minimum Gasteiger partial charge on any atom is -0.444 e. The Morgan fingerprint density at radius 3 is 2.53 bits per heavy atom. The third-order valence-corrected chi connectivity index (χ3v) is 2.08. The van der Waals surface area contributed by atoms with Crippen LogP contribution in [-0.2, 0) is 11.2 Å². The van der Waals surface area contributed by atoms with Crippen molar-refractivity contribution in [2.24, 2.45) is 0 Å². The lowest BCUT2D eigenvalue weighted by atomic mass is 10.1. The summed E-state index contributed by atoms with van der Waals surface area (Å²) >= 11 is 10.4. The SMILES string of the molecule is CC(Cc1ccccc1)OC(=O)N(Cl)Cl. The van der Waals surface area contributed by atoms with E-state index in [-0.39, 0.29) is 6.10 Å². The van der Waals surface area contributed by atoms with Gasteiger partial charge in [-0.15, -0.1) is 3.94 Å². The molecule has 1 rings (SSSR count). The van der Waals surface area contributed by atoms with Crippen LogP contribution < -0.4 is 0 Å². The molecule has 0 aromatic heterocycles. The largest absolute Gasteiger partial charge is 0.444 e. The highest BCUT2D eigenvalue weighted by atomic mass is 35.5. The molecule has 15 heavy (non-hydrogen) atoms. The number of halogens is 2. The number of rotatable bonds is 3. The third kappa shape index (κ3) is 4.40. The van der Waals surface area contributed by atoms with Crippen LogP contribution in [0.4, 0.5) is 4.79 Å². The number of carbonyl (C=O) groups is 1. The molecule has 0 aliphatic carbocycles. The van der Waals surface area contributed by atoms with Gasteiger partial charge in [-0.05, 0) is 12.5 Å².